The van der Waals surface area contributed by atoms with E-state index in [1.165, 1.54) is 30.7 Å². The van der Waals surface area contributed by atoms with Crippen LogP contribution >= 0.6 is 0 Å². The van der Waals surface area contributed by atoms with Gasteiger partial charge in [0.15, 0.2) is 11.5 Å². The second-order valence-corrected chi connectivity index (χ2v) is 4.77. The molecule has 0 atom stereocenters. The van der Waals surface area contributed by atoms with Gasteiger partial charge < -0.3 is 9.47 Å². The molecule has 24 heavy (non-hydrogen) atoms. The number of carbonyl (C=O) groups excluding carboxylic acids is 2. The SMILES string of the molecule is O=C(/C=C/c1cnccn1)NNC(=O)c1ccc2c(c1)OCCO2. The van der Waals surface area contributed by atoms with E-state index in [1.54, 1.807) is 18.2 Å². The molecule has 2 heterocycles. The molecule has 0 fully saturated rings. The molecule has 0 aliphatic carbocycles. The summed E-state index contributed by atoms with van der Waals surface area (Å²) in [6.07, 6.45) is 7.29. The number of hydrazine groups is 1. The van der Waals surface area contributed by atoms with Crippen LogP contribution in [0.3, 0.4) is 0 Å². The summed E-state index contributed by atoms with van der Waals surface area (Å²) in [5.41, 5.74) is 5.48. The van der Waals surface area contributed by atoms with E-state index in [0.29, 0.717) is 36.0 Å². The molecule has 2 aromatic rings. The first-order valence-corrected chi connectivity index (χ1v) is 7.16. The number of amides is 2. The average molecular weight is 326 g/mol. The zero-order valence-corrected chi connectivity index (χ0v) is 12.6. The highest BCUT2D eigenvalue weighted by Crippen LogP contribution is 2.30. The Labute approximate surface area is 137 Å². The first-order valence-electron chi connectivity index (χ1n) is 7.16. The number of hydrogen-bond donors (Lipinski definition) is 2. The normalized spacial score (nSPS) is 12.7. The van der Waals surface area contributed by atoms with Crippen LogP contribution in [0.5, 0.6) is 11.5 Å². The minimum absolute atomic E-state index is 0.345. The molecule has 0 radical (unpaired) electrons. The predicted molar refractivity (Wildman–Crippen MR) is 84.1 cm³/mol. The van der Waals surface area contributed by atoms with Gasteiger partial charge in [0, 0.05) is 24.0 Å². The zero-order chi connectivity index (χ0) is 16.8. The van der Waals surface area contributed by atoms with Crippen molar-refractivity contribution in [3.8, 4) is 11.5 Å². The van der Waals surface area contributed by atoms with Crippen molar-refractivity contribution < 1.29 is 19.1 Å². The lowest BCUT2D eigenvalue weighted by Gasteiger charge is -2.18. The number of rotatable bonds is 3. The van der Waals surface area contributed by atoms with Gasteiger partial charge in [-0.05, 0) is 24.3 Å². The molecule has 1 aliphatic rings. The maximum Gasteiger partial charge on any atom is 0.269 e. The van der Waals surface area contributed by atoms with Crippen LogP contribution in [0.15, 0.2) is 42.9 Å². The topological polar surface area (TPSA) is 102 Å². The lowest BCUT2D eigenvalue weighted by Crippen LogP contribution is -2.40. The first-order chi connectivity index (χ1) is 11.7. The van der Waals surface area contributed by atoms with Crippen molar-refractivity contribution >= 4 is 17.9 Å². The fourth-order valence-electron chi connectivity index (χ4n) is 1.97. The van der Waals surface area contributed by atoms with Gasteiger partial charge in [-0.2, -0.15) is 0 Å². The molecule has 0 saturated heterocycles. The number of hydrogen-bond acceptors (Lipinski definition) is 6. The molecule has 0 unspecified atom stereocenters. The van der Waals surface area contributed by atoms with Crippen LogP contribution in [0.25, 0.3) is 6.08 Å². The van der Waals surface area contributed by atoms with Gasteiger partial charge in [-0.1, -0.05) is 0 Å². The van der Waals surface area contributed by atoms with E-state index in [-0.39, 0.29) is 0 Å². The molecule has 8 nitrogen and oxygen atoms in total. The van der Waals surface area contributed by atoms with Gasteiger partial charge in [0.2, 0.25) is 0 Å². The summed E-state index contributed by atoms with van der Waals surface area (Å²) in [6, 6.07) is 4.80. The van der Waals surface area contributed by atoms with Gasteiger partial charge in [0.05, 0.1) is 11.9 Å². The number of benzene rings is 1. The number of nitrogens with one attached hydrogen (secondary N) is 2. The predicted octanol–water partition coefficient (Wildman–Crippen LogP) is 0.722. The van der Waals surface area contributed by atoms with Gasteiger partial charge in [-0.25, -0.2) is 0 Å². The highest BCUT2D eigenvalue weighted by atomic mass is 16.6. The Morgan fingerprint density at radius 1 is 1.08 bits per heavy atom. The van der Waals surface area contributed by atoms with Crippen molar-refractivity contribution in [2.45, 2.75) is 0 Å². The molecular weight excluding hydrogens is 312 g/mol. The van der Waals surface area contributed by atoms with E-state index < -0.39 is 11.8 Å². The lowest BCUT2D eigenvalue weighted by atomic mass is 10.2. The second kappa shape index (κ2) is 7.23. The molecule has 3 rings (SSSR count). The molecule has 0 spiro atoms. The van der Waals surface area contributed by atoms with E-state index >= 15 is 0 Å². The molecule has 122 valence electrons. The fourth-order valence-corrected chi connectivity index (χ4v) is 1.97. The number of fused-ring (bicyclic) bond motifs is 1. The Kier molecular flexibility index (Phi) is 4.66. The molecule has 0 bridgehead atoms. The van der Waals surface area contributed by atoms with Gasteiger partial charge in [-0.3, -0.25) is 30.4 Å². The van der Waals surface area contributed by atoms with Crippen molar-refractivity contribution in [1.29, 1.82) is 0 Å². The highest BCUT2D eigenvalue weighted by molar-refractivity contribution is 5.98. The number of nitrogens with zero attached hydrogens (tertiary/aromatic N) is 2. The van der Waals surface area contributed by atoms with E-state index in [4.69, 9.17) is 9.47 Å². The monoisotopic (exact) mass is 326 g/mol. The number of aromatic nitrogens is 2. The molecule has 8 heteroatoms. The highest BCUT2D eigenvalue weighted by Gasteiger charge is 2.15. The van der Waals surface area contributed by atoms with Crippen LogP contribution in [0.2, 0.25) is 0 Å². The minimum Gasteiger partial charge on any atom is -0.486 e. The Morgan fingerprint density at radius 3 is 2.71 bits per heavy atom. The first kappa shape index (κ1) is 15.5. The maximum atomic E-state index is 12.0. The third-order valence-electron chi connectivity index (χ3n) is 3.09. The van der Waals surface area contributed by atoms with Crippen LogP contribution in [0.4, 0.5) is 0 Å². The summed E-state index contributed by atoms with van der Waals surface area (Å²) in [5.74, 6) is 0.135. The van der Waals surface area contributed by atoms with Crippen molar-refractivity contribution in [2.75, 3.05) is 13.2 Å². The summed E-state index contributed by atoms with van der Waals surface area (Å²) >= 11 is 0. The van der Waals surface area contributed by atoms with E-state index in [0.717, 1.165) is 0 Å². The minimum atomic E-state index is -0.494. The summed E-state index contributed by atoms with van der Waals surface area (Å²) < 4.78 is 10.8. The maximum absolute atomic E-state index is 12.0. The summed E-state index contributed by atoms with van der Waals surface area (Å²) in [6.45, 7) is 0.911. The van der Waals surface area contributed by atoms with Crippen molar-refractivity contribution in [3.63, 3.8) is 0 Å². The smallest absolute Gasteiger partial charge is 0.269 e. The molecular formula is C16H14N4O4. The summed E-state index contributed by atoms with van der Waals surface area (Å²) in [7, 11) is 0. The van der Waals surface area contributed by atoms with E-state index in [1.807, 2.05) is 0 Å². The quantitative estimate of drug-likeness (QED) is 0.636. The standard InChI is InChI=1S/C16H14N4O4/c21-15(4-2-12-10-17-5-6-18-12)19-20-16(22)11-1-3-13-14(9-11)24-8-7-23-13/h1-6,9-10H,7-8H2,(H,19,21)(H,20,22)/b4-2+. The van der Waals surface area contributed by atoms with Crippen LogP contribution in [-0.2, 0) is 4.79 Å². The lowest BCUT2D eigenvalue weighted by molar-refractivity contribution is -0.117. The molecule has 1 aromatic heterocycles. The average Bonchev–Trinajstić information content (AvgIpc) is 2.65. The summed E-state index contributed by atoms with van der Waals surface area (Å²) in [4.78, 5) is 31.6. The largest absolute Gasteiger partial charge is 0.486 e. The molecule has 2 amide bonds. The van der Waals surface area contributed by atoms with Gasteiger partial charge >= 0.3 is 0 Å². The van der Waals surface area contributed by atoms with Crippen molar-refractivity contribution in [1.82, 2.24) is 20.8 Å². The van der Waals surface area contributed by atoms with Gasteiger partial charge in [0.25, 0.3) is 11.8 Å². The molecule has 1 aliphatic heterocycles. The molecule has 2 N–H and O–H groups in total. The fraction of sp³-hybridized carbons (Fsp3) is 0.125. The van der Waals surface area contributed by atoms with Crippen molar-refractivity contribution in [2.24, 2.45) is 0 Å². The number of ether oxygens (including phenoxy) is 2. The zero-order valence-electron chi connectivity index (χ0n) is 12.6. The van der Waals surface area contributed by atoms with Gasteiger partial charge in [0.1, 0.15) is 13.2 Å². The number of carbonyl (C=O) groups is 2. The molecule has 0 saturated carbocycles. The third-order valence-corrected chi connectivity index (χ3v) is 3.09. The third kappa shape index (κ3) is 3.86. The summed E-state index contributed by atoms with van der Waals surface area (Å²) in [5, 5.41) is 0. The Balaban J connectivity index is 1.55. The van der Waals surface area contributed by atoms with Crippen LogP contribution in [-0.4, -0.2) is 35.0 Å². The van der Waals surface area contributed by atoms with Crippen LogP contribution in [0.1, 0.15) is 16.1 Å². The molecule has 1 aromatic carbocycles. The van der Waals surface area contributed by atoms with Crippen molar-refractivity contribution in [3.05, 3.63) is 54.1 Å². The van der Waals surface area contributed by atoms with Crippen LogP contribution < -0.4 is 20.3 Å². The second-order valence-electron chi connectivity index (χ2n) is 4.77. The van der Waals surface area contributed by atoms with Gasteiger partial charge in [-0.15, -0.1) is 0 Å². The van der Waals surface area contributed by atoms with Crippen LogP contribution in [0, 0.1) is 0 Å². The van der Waals surface area contributed by atoms with E-state index in [9.17, 15) is 9.59 Å². The Bertz CT molecular complexity index is 777. The Hall–Kier alpha value is -3.42. The van der Waals surface area contributed by atoms with E-state index in [2.05, 4.69) is 20.8 Å². The Morgan fingerprint density at radius 2 is 1.92 bits per heavy atom.